The predicted octanol–water partition coefficient (Wildman–Crippen LogP) is 2.75. The molecule has 0 aliphatic carbocycles. The van der Waals surface area contributed by atoms with Crippen LogP contribution in [0.5, 0.6) is 0 Å². The molecule has 0 unspecified atom stereocenters. The van der Waals surface area contributed by atoms with Crippen LogP contribution in [0.15, 0.2) is 65.6 Å². The first-order chi connectivity index (χ1) is 14.9. The third-order valence-electron chi connectivity index (χ3n) is 4.40. The summed E-state index contributed by atoms with van der Waals surface area (Å²) >= 11 is 0. The molecule has 0 saturated carbocycles. The molecule has 31 heavy (non-hydrogen) atoms. The lowest BCUT2D eigenvalue weighted by atomic mass is 10.1. The van der Waals surface area contributed by atoms with Gasteiger partial charge in [-0.15, -0.1) is 0 Å². The van der Waals surface area contributed by atoms with Gasteiger partial charge in [-0.2, -0.15) is 4.98 Å². The number of pyridine rings is 1. The van der Waals surface area contributed by atoms with Crippen molar-refractivity contribution in [3.8, 4) is 22.9 Å². The lowest BCUT2D eigenvalue weighted by Gasteiger charge is -2.09. The number of carbonyl (C=O) groups is 1. The molecule has 0 atom stereocenters. The van der Waals surface area contributed by atoms with Gasteiger partial charge in [0, 0.05) is 30.7 Å². The molecule has 9 heteroatoms. The normalized spacial score (nSPS) is 11.3. The standard InChI is InChI=1S/C22H20N6O3/c1-22(2,30)21-27-18(28-31-21)15-7-5-6-14(10-15)11-26-20(29)16-12-24-19(25-13-16)17-8-3-4-9-23-17/h3-10,12-13,30H,11H2,1-2H3,(H,26,29). The maximum Gasteiger partial charge on any atom is 0.258 e. The lowest BCUT2D eigenvalue weighted by molar-refractivity contribution is 0.0420. The second-order valence-corrected chi connectivity index (χ2v) is 7.38. The molecule has 1 amide bonds. The van der Waals surface area contributed by atoms with E-state index in [1.807, 2.05) is 36.4 Å². The van der Waals surface area contributed by atoms with Crippen molar-refractivity contribution in [2.75, 3.05) is 0 Å². The smallest absolute Gasteiger partial charge is 0.258 e. The van der Waals surface area contributed by atoms with Gasteiger partial charge in [-0.05, 0) is 37.6 Å². The second kappa shape index (κ2) is 8.41. The molecular weight excluding hydrogens is 396 g/mol. The molecule has 4 rings (SSSR count). The van der Waals surface area contributed by atoms with Gasteiger partial charge in [-0.25, -0.2) is 9.97 Å². The van der Waals surface area contributed by atoms with E-state index < -0.39 is 5.60 Å². The van der Waals surface area contributed by atoms with Crippen LogP contribution >= 0.6 is 0 Å². The van der Waals surface area contributed by atoms with Crippen LogP contribution in [0.2, 0.25) is 0 Å². The Labute approximate surface area is 178 Å². The summed E-state index contributed by atoms with van der Waals surface area (Å²) in [5.41, 5.74) is 1.34. The van der Waals surface area contributed by atoms with E-state index in [0.717, 1.165) is 5.56 Å². The minimum atomic E-state index is -1.22. The van der Waals surface area contributed by atoms with E-state index in [0.29, 0.717) is 35.0 Å². The van der Waals surface area contributed by atoms with Gasteiger partial charge in [0.1, 0.15) is 11.3 Å². The van der Waals surface area contributed by atoms with E-state index in [-0.39, 0.29) is 11.8 Å². The first-order valence-electron chi connectivity index (χ1n) is 9.58. The van der Waals surface area contributed by atoms with Crippen molar-refractivity contribution < 1.29 is 14.4 Å². The summed E-state index contributed by atoms with van der Waals surface area (Å²) < 4.78 is 5.12. The largest absolute Gasteiger partial charge is 0.381 e. The average molecular weight is 416 g/mol. The van der Waals surface area contributed by atoms with Crippen LogP contribution in [0, 0.1) is 0 Å². The Morgan fingerprint density at radius 3 is 2.55 bits per heavy atom. The van der Waals surface area contributed by atoms with Gasteiger partial charge in [0.05, 0.1) is 5.56 Å². The molecule has 0 spiro atoms. The molecule has 0 fully saturated rings. The van der Waals surface area contributed by atoms with Gasteiger partial charge < -0.3 is 14.9 Å². The molecule has 9 nitrogen and oxygen atoms in total. The van der Waals surface area contributed by atoms with Crippen LogP contribution in [0.1, 0.15) is 35.7 Å². The first-order valence-corrected chi connectivity index (χ1v) is 9.58. The van der Waals surface area contributed by atoms with E-state index in [2.05, 4.69) is 30.4 Å². The Hall–Kier alpha value is -3.98. The molecule has 2 N–H and O–H groups in total. The Kier molecular flexibility index (Phi) is 5.50. The summed E-state index contributed by atoms with van der Waals surface area (Å²) in [5, 5.41) is 16.7. The highest BCUT2D eigenvalue weighted by Gasteiger charge is 2.24. The second-order valence-electron chi connectivity index (χ2n) is 7.38. The van der Waals surface area contributed by atoms with E-state index in [9.17, 15) is 9.90 Å². The van der Waals surface area contributed by atoms with Crippen molar-refractivity contribution in [2.24, 2.45) is 0 Å². The van der Waals surface area contributed by atoms with Crippen molar-refractivity contribution in [2.45, 2.75) is 26.0 Å². The number of benzene rings is 1. The minimum Gasteiger partial charge on any atom is -0.381 e. The zero-order valence-corrected chi connectivity index (χ0v) is 17.0. The highest BCUT2D eigenvalue weighted by Crippen LogP contribution is 2.22. The van der Waals surface area contributed by atoms with Crippen molar-refractivity contribution in [1.82, 2.24) is 30.4 Å². The van der Waals surface area contributed by atoms with E-state index in [1.165, 1.54) is 12.4 Å². The third-order valence-corrected chi connectivity index (χ3v) is 4.40. The molecule has 0 bridgehead atoms. The number of nitrogens with one attached hydrogen (secondary N) is 1. The highest BCUT2D eigenvalue weighted by atomic mass is 16.5. The minimum absolute atomic E-state index is 0.135. The number of hydrogen-bond donors (Lipinski definition) is 2. The van der Waals surface area contributed by atoms with Crippen molar-refractivity contribution in [1.29, 1.82) is 0 Å². The fraction of sp³-hybridized carbons (Fsp3) is 0.182. The van der Waals surface area contributed by atoms with E-state index in [1.54, 1.807) is 26.1 Å². The monoisotopic (exact) mass is 416 g/mol. The molecule has 156 valence electrons. The third kappa shape index (κ3) is 4.78. The molecule has 4 aromatic rings. The maximum absolute atomic E-state index is 12.5. The van der Waals surface area contributed by atoms with Crippen LogP contribution in [0.3, 0.4) is 0 Å². The van der Waals surface area contributed by atoms with Crippen molar-refractivity contribution in [3.05, 3.63) is 78.1 Å². The molecule has 1 aromatic carbocycles. The van der Waals surface area contributed by atoms with Gasteiger partial charge in [0.15, 0.2) is 5.82 Å². The van der Waals surface area contributed by atoms with Crippen molar-refractivity contribution >= 4 is 5.91 Å². The van der Waals surface area contributed by atoms with Gasteiger partial charge >= 0.3 is 0 Å². The Balaban J connectivity index is 1.42. The fourth-order valence-electron chi connectivity index (χ4n) is 2.77. The Morgan fingerprint density at radius 2 is 1.87 bits per heavy atom. The average Bonchev–Trinajstić information content (AvgIpc) is 3.30. The SMILES string of the molecule is CC(C)(O)c1nc(-c2cccc(CNC(=O)c3cnc(-c4ccccn4)nc3)c2)no1. The van der Waals surface area contributed by atoms with Gasteiger partial charge in [0.2, 0.25) is 5.82 Å². The van der Waals surface area contributed by atoms with Crippen molar-refractivity contribution in [3.63, 3.8) is 0 Å². The lowest BCUT2D eigenvalue weighted by Crippen LogP contribution is -2.23. The topological polar surface area (TPSA) is 127 Å². The summed E-state index contributed by atoms with van der Waals surface area (Å²) in [6.07, 6.45) is 4.61. The van der Waals surface area contributed by atoms with E-state index in [4.69, 9.17) is 4.52 Å². The Bertz CT molecular complexity index is 1180. The predicted molar refractivity (Wildman–Crippen MR) is 111 cm³/mol. The number of hydrogen-bond acceptors (Lipinski definition) is 8. The Morgan fingerprint density at radius 1 is 1.06 bits per heavy atom. The molecule has 0 aliphatic heterocycles. The zero-order valence-electron chi connectivity index (χ0n) is 17.0. The summed E-state index contributed by atoms with van der Waals surface area (Å²) in [7, 11) is 0. The van der Waals surface area contributed by atoms with E-state index >= 15 is 0 Å². The molecule has 3 heterocycles. The molecule has 0 saturated heterocycles. The zero-order chi connectivity index (χ0) is 21.8. The summed E-state index contributed by atoms with van der Waals surface area (Å²) in [5.74, 6) is 0.663. The molecular formula is C22H20N6O3. The van der Waals surface area contributed by atoms with Gasteiger partial charge in [-0.1, -0.05) is 29.4 Å². The number of aromatic nitrogens is 5. The molecule has 0 aliphatic rings. The van der Waals surface area contributed by atoms with Crippen LogP contribution in [0.4, 0.5) is 0 Å². The summed E-state index contributed by atoms with van der Waals surface area (Å²) in [6.45, 7) is 3.44. The summed E-state index contributed by atoms with van der Waals surface area (Å²) in [6, 6.07) is 12.8. The fourth-order valence-corrected chi connectivity index (χ4v) is 2.77. The van der Waals surface area contributed by atoms with Gasteiger partial charge in [0.25, 0.3) is 11.8 Å². The van der Waals surface area contributed by atoms with Crippen LogP contribution < -0.4 is 5.32 Å². The number of rotatable bonds is 6. The van der Waals surface area contributed by atoms with Crippen LogP contribution in [-0.4, -0.2) is 36.1 Å². The number of aliphatic hydroxyl groups is 1. The molecule has 3 aromatic heterocycles. The van der Waals surface area contributed by atoms with Crippen LogP contribution in [-0.2, 0) is 12.1 Å². The van der Waals surface area contributed by atoms with Gasteiger partial charge in [-0.3, -0.25) is 9.78 Å². The summed E-state index contributed by atoms with van der Waals surface area (Å²) in [4.78, 5) is 29.3. The maximum atomic E-state index is 12.5. The number of carbonyl (C=O) groups excluding carboxylic acids is 1. The van der Waals surface area contributed by atoms with Crippen LogP contribution in [0.25, 0.3) is 22.9 Å². The first kappa shape index (κ1) is 20.3. The molecule has 0 radical (unpaired) electrons. The quantitative estimate of drug-likeness (QED) is 0.491. The highest BCUT2D eigenvalue weighted by molar-refractivity contribution is 5.93. The number of nitrogens with zero attached hydrogens (tertiary/aromatic N) is 5. The number of amides is 1.